The molecule has 3 nitrogen and oxygen atoms in total. The van der Waals surface area contributed by atoms with Crippen LogP contribution >= 0.6 is 15.9 Å². The molecule has 1 atom stereocenters. The van der Waals surface area contributed by atoms with E-state index in [9.17, 15) is 8.42 Å². The van der Waals surface area contributed by atoms with Crippen LogP contribution in [0.1, 0.15) is 18.4 Å². The van der Waals surface area contributed by atoms with Gasteiger partial charge in [0.05, 0.1) is 5.75 Å². The Labute approximate surface area is 111 Å². The van der Waals surface area contributed by atoms with Crippen molar-refractivity contribution in [3.63, 3.8) is 0 Å². The van der Waals surface area contributed by atoms with Crippen LogP contribution in [0.2, 0.25) is 0 Å². The highest BCUT2D eigenvalue weighted by molar-refractivity contribution is 9.09. The summed E-state index contributed by atoms with van der Waals surface area (Å²) < 4.78 is 26.3. The first kappa shape index (κ1) is 13.1. The standard InChI is InChI=1S/C12H16BrNO2S/c13-12(11-6-7-11)8-14-17(15,16)9-10-4-2-1-3-5-10/h1-5,11-12,14H,6-9H2. The molecule has 0 saturated heterocycles. The quantitative estimate of drug-likeness (QED) is 0.818. The van der Waals surface area contributed by atoms with Crippen molar-refractivity contribution in [2.24, 2.45) is 5.92 Å². The number of alkyl halides is 1. The minimum atomic E-state index is -3.22. The molecular formula is C12H16BrNO2S. The highest BCUT2D eigenvalue weighted by Crippen LogP contribution is 2.36. The molecule has 0 radical (unpaired) electrons. The molecule has 17 heavy (non-hydrogen) atoms. The van der Waals surface area contributed by atoms with Gasteiger partial charge in [-0.3, -0.25) is 0 Å². The normalized spacial score (nSPS) is 17.9. The fourth-order valence-electron chi connectivity index (χ4n) is 1.68. The molecule has 1 fully saturated rings. The zero-order valence-corrected chi connectivity index (χ0v) is 11.9. The summed E-state index contributed by atoms with van der Waals surface area (Å²) in [7, 11) is -3.22. The van der Waals surface area contributed by atoms with Gasteiger partial charge in [0.15, 0.2) is 0 Å². The third-order valence-electron chi connectivity index (χ3n) is 2.83. The fraction of sp³-hybridized carbons (Fsp3) is 0.500. The molecule has 0 heterocycles. The molecule has 1 N–H and O–H groups in total. The smallest absolute Gasteiger partial charge is 0.214 e. The summed E-state index contributed by atoms with van der Waals surface area (Å²) in [5, 5.41) is 0. The van der Waals surface area contributed by atoms with E-state index in [1.54, 1.807) is 0 Å². The summed E-state index contributed by atoms with van der Waals surface area (Å²) in [5.41, 5.74) is 0.817. The average Bonchev–Trinajstić information content (AvgIpc) is 3.10. The van der Waals surface area contributed by atoms with Gasteiger partial charge in [0.1, 0.15) is 0 Å². The first-order valence-electron chi connectivity index (χ1n) is 5.72. The van der Waals surface area contributed by atoms with Gasteiger partial charge in [-0.2, -0.15) is 0 Å². The van der Waals surface area contributed by atoms with Gasteiger partial charge in [0.2, 0.25) is 10.0 Å². The Bertz CT molecular complexity index is 457. The maximum Gasteiger partial charge on any atom is 0.215 e. The van der Waals surface area contributed by atoms with E-state index in [1.165, 1.54) is 12.8 Å². The lowest BCUT2D eigenvalue weighted by Crippen LogP contribution is -2.31. The van der Waals surface area contributed by atoms with Crippen LogP contribution in [0.5, 0.6) is 0 Å². The van der Waals surface area contributed by atoms with Gasteiger partial charge >= 0.3 is 0 Å². The van der Waals surface area contributed by atoms with Crippen molar-refractivity contribution in [3.8, 4) is 0 Å². The largest absolute Gasteiger partial charge is 0.215 e. The number of hydrogen-bond donors (Lipinski definition) is 1. The van der Waals surface area contributed by atoms with Crippen molar-refractivity contribution in [2.75, 3.05) is 6.54 Å². The van der Waals surface area contributed by atoms with Gasteiger partial charge < -0.3 is 0 Å². The molecule has 0 bridgehead atoms. The molecule has 2 rings (SSSR count). The lowest BCUT2D eigenvalue weighted by atomic mass is 10.2. The van der Waals surface area contributed by atoms with Crippen molar-refractivity contribution in [1.29, 1.82) is 0 Å². The Morgan fingerprint density at radius 2 is 1.94 bits per heavy atom. The number of sulfonamides is 1. The molecule has 5 heteroatoms. The van der Waals surface area contributed by atoms with Gasteiger partial charge in [-0.25, -0.2) is 13.1 Å². The molecule has 1 aromatic carbocycles. The number of nitrogens with one attached hydrogen (secondary N) is 1. The minimum absolute atomic E-state index is 0.0538. The molecule has 0 spiro atoms. The molecule has 94 valence electrons. The van der Waals surface area contributed by atoms with E-state index in [-0.39, 0.29) is 10.6 Å². The number of benzene rings is 1. The van der Waals surface area contributed by atoms with E-state index in [0.717, 1.165) is 5.56 Å². The average molecular weight is 318 g/mol. The van der Waals surface area contributed by atoms with Crippen LogP contribution in [-0.2, 0) is 15.8 Å². The zero-order chi connectivity index (χ0) is 12.3. The summed E-state index contributed by atoms with van der Waals surface area (Å²) in [6.45, 7) is 0.486. The summed E-state index contributed by atoms with van der Waals surface area (Å²) in [5.74, 6) is 0.701. The van der Waals surface area contributed by atoms with Crippen molar-refractivity contribution in [1.82, 2.24) is 4.72 Å². The maximum absolute atomic E-state index is 11.8. The van der Waals surface area contributed by atoms with E-state index >= 15 is 0 Å². The predicted octanol–water partition coefficient (Wildman–Crippen LogP) is 2.28. The minimum Gasteiger partial charge on any atom is -0.214 e. The second-order valence-electron chi connectivity index (χ2n) is 4.45. The predicted molar refractivity (Wildman–Crippen MR) is 72.5 cm³/mol. The third kappa shape index (κ3) is 4.41. The summed E-state index contributed by atoms with van der Waals surface area (Å²) >= 11 is 3.52. The topological polar surface area (TPSA) is 46.2 Å². The van der Waals surface area contributed by atoms with Crippen LogP contribution in [0.25, 0.3) is 0 Å². The van der Waals surface area contributed by atoms with E-state index in [4.69, 9.17) is 0 Å². The molecule has 1 aromatic rings. The summed E-state index contributed by atoms with van der Waals surface area (Å²) in [4.78, 5) is 0.271. The van der Waals surface area contributed by atoms with Crippen LogP contribution < -0.4 is 4.72 Å². The van der Waals surface area contributed by atoms with Crippen molar-refractivity contribution in [3.05, 3.63) is 35.9 Å². The molecular weight excluding hydrogens is 302 g/mol. The fourth-order valence-corrected chi connectivity index (χ4v) is 3.75. The van der Waals surface area contributed by atoms with Gasteiger partial charge in [0, 0.05) is 11.4 Å². The van der Waals surface area contributed by atoms with Gasteiger partial charge in [-0.15, -0.1) is 0 Å². The second-order valence-corrected chi connectivity index (χ2v) is 7.43. The van der Waals surface area contributed by atoms with Crippen LogP contribution in [0.4, 0.5) is 0 Å². The van der Waals surface area contributed by atoms with E-state index < -0.39 is 10.0 Å². The molecule has 0 amide bonds. The third-order valence-corrected chi connectivity index (χ3v) is 5.22. The van der Waals surface area contributed by atoms with E-state index in [0.29, 0.717) is 12.5 Å². The van der Waals surface area contributed by atoms with Gasteiger partial charge in [-0.1, -0.05) is 46.3 Å². The van der Waals surface area contributed by atoms with Crippen LogP contribution in [-0.4, -0.2) is 19.8 Å². The Kier molecular flexibility index (Phi) is 4.22. The lowest BCUT2D eigenvalue weighted by Gasteiger charge is -2.10. The Balaban J connectivity index is 1.86. The Hall–Kier alpha value is -0.390. The van der Waals surface area contributed by atoms with E-state index in [2.05, 4.69) is 20.7 Å². The molecule has 1 unspecified atom stereocenters. The summed E-state index contributed by atoms with van der Waals surface area (Å²) in [6, 6.07) is 9.23. The molecule has 1 saturated carbocycles. The van der Waals surface area contributed by atoms with Crippen LogP contribution in [0.15, 0.2) is 30.3 Å². The number of hydrogen-bond acceptors (Lipinski definition) is 2. The number of rotatable bonds is 6. The van der Waals surface area contributed by atoms with Crippen molar-refractivity contribution >= 4 is 26.0 Å². The molecule has 0 aliphatic heterocycles. The maximum atomic E-state index is 11.8. The zero-order valence-electron chi connectivity index (χ0n) is 9.47. The monoisotopic (exact) mass is 317 g/mol. The first-order valence-corrected chi connectivity index (χ1v) is 8.29. The van der Waals surface area contributed by atoms with Gasteiger partial charge in [-0.05, 0) is 24.3 Å². The first-order chi connectivity index (χ1) is 8.07. The highest BCUT2D eigenvalue weighted by atomic mass is 79.9. The second kappa shape index (κ2) is 5.50. The molecule has 0 aromatic heterocycles. The Morgan fingerprint density at radius 3 is 2.53 bits per heavy atom. The van der Waals surface area contributed by atoms with Crippen molar-refractivity contribution in [2.45, 2.75) is 23.4 Å². The van der Waals surface area contributed by atoms with Crippen LogP contribution in [0, 0.1) is 5.92 Å². The lowest BCUT2D eigenvalue weighted by molar-refractivity contribution is 0.577. The molecule has 1 aliphatic carbocycles. The van der Waals surface area contributed by atoms with Gasteiger partial charge in [0.25, 0.3) is 0 Å². The molecule has 1 aliphatic rings. The summed E-state index contributed by atoms with van der Waals surface area (Å²) in [6.07, 6.45) is 2.41. The van der Waals surface area contributed by atoms with Crippen molar-refractivity contribution < 1.29 is 8.42 Å². The number of halogens is 1. The highest BCUT2D eigenvalue weighted by Gasteiger charge is 2.29. The van der Waals surface area contributed by atoms with Crippen LogP contribution in [0.3, 0.4) is 0 Å². The van der Waals surface area contributed by atoms with E-state index in [1.807, 2.05) is 30.3 Å². The SMILES string of the molecule is O=S(=O)(Cc1ccccc1)NCC(Br)C1CC1. The Morgan fingerprint density at radius 1 is 1.29 bits per heavy atom.